The number of carbonyl (C=O) groups is 3. The molecule has 0 aliphatic heterocycles. The molecule has 5 N–H and O–H groups in total. The van der Waals surface area contributed by atoms with Gasteiger partial charge in [0, 0.05) is 18.3 Å². The second-order valence-electron chi connectivity index (χ2n) is 6.12. The van der Waals surface area contributed by atoms with Gasteiger partial charge in [-0.25, -0.2) is 0 Å². The van der Waals surface area contributed by atoms with Crippen LogP contribution in [-0.2, 0) is 16.1 Å². The molecule has 0 unspecified atom stereocenters. The average Bonchev–Trinajstić information content (AvgIpc) is 2.74. The van der Waals surface area contributed by atoms with Gasteiger partial charge in [0.05, 0.1) is 23.3 Å². The van der Waals surface area contributed by atoms with E-state index in [-0.39, 0.29) is 19.9 Å². The monoisotopic (exact) mass is 405 g/mol. The molecule has 3 rings (SSSR count). The number of para-hydroxylation sites is 2. The van der Waals surface area contributed by atoms with Crippen molar-refractivity contribution in [3.05, 3.63) is 84.2 Å². The minimum Gasteiger partial charge on any atom is -0.397 e. The summed E-state index contributed by atoms with van der Waals surface area (Å²) in [4.78, 5) is 39.9. The van der Waals surface area contributed by atoms with Crippen LogP contribution >= 0.6 is 0 Å². The minimum absolute atomic E-state index is 0. The third-order valence-electron chi connectivity index (χ3n) is 4.00. The molecule has 0 saturated heterocycles. The average molecular weight is 405 g/mol. The molecule has 0 saturated carbocycles. The Balaban J connectivity index is 0.00000320. The number of amides is 3. The minimum atomic E-state index is -0.783. The van der Waals surface area contributed by atoms with Gasteiger partial charge >= 0.3 is 11.8 Å². The molecule has 0 fully saturated rings. The van der Waals surface area contributed by atoms with Gasteiger partial charge in [-0.1, -0.05) is 31.7 Å². The largest absolute Gasteiger partial charge is 0.397 e. The molecule has 154 valence electrons. The topological polar surface area (TPSA) is 126 Å². The second kappa shape index (κ2) is 10.4. The van der Waals surface area contributed by atoms with Gasteiger partial charge in [0.25, 0.3) is 5.91 Å². The van der Waals surface area contributed by atoms with Crippen molar-refractivity contribution < 1.29 is 14.4 Å². The summed E-state index contributed by atoms with van der Waals surface area (Å²) in [5.41, 5.74) is 8.45. The number of nitrogens with zero attached hydrogens (tertiary/aromatic N) is 1. The van der Waals surface area contributed by atoms with Crippen LogP contribution in [0.3, 0.4) is 0 Å². The number of nitrogens with one attached hydrogen (secondary N) is 3. The van der Waals surface area contributed by atoms with E-state index < -0.39 is 11.8 Å². The first-order valence-corrected chi connectivity index (χ1v) is 8.77. The Bertz CT molecular complexity index is 1020. The number of hydrogen-bond acceptors (Lipinski definition) is 5. The lowest BCUT2D eigenvalue weighted by molar-refractivity contribution is -0.136. The van der Waals surface area contributed by atoms with E-state index in [1.807, 2.05) is 0 Å². The van der Waals surface area contributed by atoms with Crippen LogP contribution in [-0.4, -0.2) is 22.7 Å². The predicted octanol–water partition coefficient (Wildman–Crippen LogP) is 2.81. The normalized spacial score (nSPS) is 9.73. The van der Waals surface area contributed by atoms with Crippen LogP contribution in [0, 0.1) is 0 Å². The van der Waals surface area contributed by atoms with Crippen molar-refractivity contribution in [1.82, 2.24) is 10.3 Å². The molecular weight excluding hydrogens is 382 g/mol. The zero-order chi connectivity index (χ0) is 20.6. The standard InChI is InChI=1S/C21H19N5O3.CH4/c22-17-5-1-2-6-18(17)26-19(27)15-9-7-14(8-10-15)12-24-20(28)21(29)25-16-4-3-11-23-13-16;/h1-11,13H,12,22H2,(H,24,28)(H,25,29)(H,26,27);1H4. The Hall–Kier alpha value is -4.20. The van der Waals surface area contributed by atoms with E-state index in [2.05, 4.69) is 20.9 Å². The number of nitrogens with two attached hydrogens (primary N) is 1. The van der Waals surface area contributed by atoms with E-state index in [1.165, 1.54) is 6.20 Å². The summed E-state index contributed by atoms with van der Waals surface area (Å²) in [6.07, 6.45) is 3.01. The molecule has 30 heavy (non-hydrogen) atoms. The summed E-state index contributed by atoms with van der Waals surface area (Å²) in [5.74, 6) is -1.85. The molecule has 1 heterocycles. The van der Waals surface area contributed by atoms with Crippen molar-refractivity contribution in [2.75, 3.05) is 16.4 Å². The molecule has 8 heteroatoms. The Morgan fingerprint density at radius 1 is 0.867 bits per heavy atom. The van der Waals surface area contributed by atoms with Gasteiger partial charge in [0.15, 0.2) is 0 Å². The van der Waals surface area contributed by atoms with Gasteiger partial charge in [0.1, 0.15) is 0 Å². The molecule has 0 atom stereocenters. The van der Waals surface area contributed by atoms with E-state index in [1.54, 1.807) is 66.9 Å². The van der Waals surface area contributed by atoms with E-state index in [4.69, 9.17) is 5.73 Å². The van der Waals surface area contributed by atoms with Crippen LogP contribution < -0.4 is 21.7 Å². The number of anilines is 3. The quantitative estimate of drug-likeness (QED) is 0.384. The Morgan fingerprint density at radius 3 is 2.27 bits per heavy atom. The SMILES string of the molecule is C.Nc1ccccc1NC(=O)c1ccc(CNC(=O)C(=O)Nc2cccnc2)cc1. The second-order valence-corrected chi connectivity index (χ2v) is 6.12. The zero-order valence-electron chi connectivity index (χ0n) is 15.4. The van der Waals surface area contributed by atoms with Gasteiger partial charge in [0.2, 0.25) is 0 Å². The molecule has 3 aromatic rings. The lowest BCUT2D eigenvalue weighted by Gasteiger charge is -2.09. The van der Waals surface area contributed by atoms with E-state index >= 15 is 0 Å². The molecule has 0 spiro atoms. The summed E-state index contributed by atoms with van der Waals surface area (Å²) >= 11 is 0. The van der Waals surface area contributed by atoms with E-state index in [0.717, 1.165) is 5.56 Å². The van der Waals surface area contributed by atoms with Crippen LogP contribution in [0.2, 0.25) is 0 Å². The van der Waals surface area contributed by atoms with Gasteiger partial charge in [-0.3, -0.25) is 19.4 Å². The fraction of sp³-hybridized carbons (Fsp3) is 0.0909. The summed E-state index contributed by atoms with van der Waals surface area (Å²) in [6, 6.07) is 16.9. The highest BCUT2D eigenvalue weighted by molar-refractivity contribution is 6.39. The number of rotatable bonds is 5. The smallest absolute Gasteiger partial charge is 0.313 e. The Labute approximate surface area is 174 Å². The first kappa shape index (κ1) is 22.1. The predicted molar refractivity (Wildman–Crippen MR) is 117 cm³/mol. The van der Waals surface area contributed by atoms with Gasteiger partial charge in [-0.2, -0.15) is 0 Å². The molecule has 0 aliphatic rings. The van der Waals surface area contributed by atoms with Crippen molar-refractivity contribution >= 4 is 34.8 Å². The van der Waals surface area contributed by atoms with Gasteiger partial charge in [-0.15, -0.1) is 0 Å². The summed E-state index contributed by atoms with van der Waals surface area (Å²) in [7, 11) is 0. The van der Waals surface area contributed by atoms with Crippen molar-refractivity contribution in [1.29, 1.82) is 0 Å². The highest BCUT2D eigenvalue weighted by Gasteiger charge is 2.13. The molecular formula is C22H23N5O3. The van der Waals surface area contributed by atoms with Crippen LogP contribution in [0.5, 0.6) is 0 Å². The van der Waals surface area contributed by atoms with Crippen LogP contribution in [0.25, 0.3) is 0 Å². The summed E-state index contributed by atoms with van der Waals surface area (Å²) in [6.45, 7) is 0.146. The van der Waals surface area contributed by atoms with E-state index in [0.29, 0.717) is 22.6 Å². The molecule has 0 radical (unpaired) electrons. The highest BCUT2D eigenvalue weighted by atomic mass is 16.2. The lowest BCUT2D eigenvalue weighted by atomic mass is 10.1. The maximum Gasteiger partial charge on any atom is 0.313 e. The molecule has 0 aliphatic carbocycles. The zero-order valence-corrected chi connectivity index (χ0v) is 15.4. The number of benzene rings is 2. The number of pyridine rings is 1. The molecule has 1 aromatic heterocycles. The van der Waals surface area contributed by atoms with Crippen LogP contribution in [0.4, 0.5) is 17.1 Å². The van der Waals surface area contributed by atoms with Gasteiger partial charge in [-0.05, 0) is 42.0 Å². The number of nitrogen functional groups attached to an aromatic ring is 1. The molecule has 2 aromatic carbocycles. The first-order chi connectivity index (χ1) is 14.0. The Morgan fingerprint density at radius 2 is 1.60 bits per heavy atom. The Kier molecular flexibility index (Phi) is 7.64. The maximum absolute atomic E-state index is 12.3. The van der Waals surface area contributed by atoms with Crippen molar-refractivity contribution in [2.24, 2.45) is 0 Å². The fourth-order valence-electron chi connectivity index (χ4n) is 2.47. The fourth-order valence-corrected chi connectivity index (χ4v) is 2.47. The molecule has 3 amide bonds. The molecule has 0 bridgehead atoms. The van der Waals surface area contributed by atoms with Crippen molar-refractivity contribution in [2.45, 2.75) is 14.0 Å². The van der Waals surface area contributed by atoms with Crippen molar-refractivity contribution in [3.8, 4) is 0 Å². The number of hydrogen-bond donors (Lipinski definition) is 4. The van der Waals surface area contributed by atoms with Crippen LogP contribution in [0.15, 0.2) is 73.1 Å². The van der Waals surface area contributed by atoms with Crippen molar-refractivity contribution in [3.63, 3.8) is 0 Å². The summed E-state index contributed by atoms with van der Waals surface area (Å²) < 4.78 is 0. The first-order valence-electron chi connectivity index (χ1n) is 8.77. The maximum atomic E-state index is 12.3. The number of aromatic nitrogens is 1. The van der Waals surface area contributed by atoms with Gasteiger partial charge < -0.3 is 21.7 Å². The third kappa shape index (κ3) is 5.90. The van der Waals surface area contributed by atoms with Crippen LogP contribution in [0.1, 0.15) is 23.3 Å². The highest BCUT2D eigenvalue weighted by Crippen LogP contribution is 2.18. The van der Waals surface area contributed by atoms with E-state index in [9.17, 15) is 14.4 Å². The molecule has 8 nitrogen and oxygen atoms in total. The summed E-state index contributed by atoms with van der Waals surface area (Å²) in [5, 5.41) is 7.72. The third-order valence-corrected chi connectivity index (χ3v) is 4.00. The lowest BCUT2D eigenvalue weighted by Crippen LogP contribution is -2.34. The number of carbonyl (C=O) groups excluding carboxylic acids is 3.